The zero-order chi connectivity index (χ0) is 20.2. The van der Waals surface area contributed by atoms with Crippen molar-refractivity contribution in [2.24, 2.45) is 0 Å². The lowest BCUT2D eigenvalue weighted by Gasteiger charge is -2.26. The van der Waals surface area contributed by atoms with Gasteiger partial charge in [-0.15, -0.1) is 0 Å². The lowest BCUT2D eigenvalue weighted by molar-refractivity contribution is 0.140. The number of benzene rings is 3. The normalized spacial score (nSPS) is 16.4. The first kappa shape index (κ1) is 19.2. The van der Waals surface area contributed by atoms with Crippen LogP contribution >= 0.6 is 0 Å². The molecule has 0 bridgehead atoms. The van der Waals surface area contributed by atoms with Crippen molar-refractivity contribution < 1.29 is 19.3 Å². The van der Waals surface area contributed by atoms with E-state index in [1.54, 1.807) is 26.4 Å². The molecule has 1 heterocycles. The molecule has 4 rings (SSSR count). The van der Waals surface area contributed by atoms with Gasteiger partial charge in [-0.2, -0.15) is 0 Å². The number of phenols is 1. The molecule has 29 heavy (non-hydrogen) atoms. The third kappa shape index (κ3) is 4.00. The number of aromatic hydroxyl groups is 1. The monoisotopic (exact) mass is 391 g/mol. The molecule has 1 atom stereocenters. The number of ether oxygens (including phenoxy) is 3. The lowest BCUT2D eigenvalue weighted by Crippen LogP contribution is -2.28. The SMILES string of the molecule is COc1ccccc1[C@H]1CN(Cc2c(O)cccc2OC)Cc2ccccc2O1. The average molecular weight is 391 g/mol. The molecule has 3 aromatic rings. The number of para-hydroxylation sites is 2. The Balaban J connectivity index is 1.71. The number of methoxy groups -OCH3 is 2. The van der Waals surface area contributed by atoms with E-state index >= 15 is 0 Å². The Morgan fingerprint density at radius 2 is 1.66 bits per heavy atom. The third-order valence-electron chi connectivity index (χ3n) is 5.26. The summed E-state index contributed by atoms with van der Waals surface area (Å²) in [7, 11) is 3.30. The number of hydrogen-bond donors (Lipinski definition) is 1. The van der Waals surface area contributed by atoms with Crippen LogP contribution < -0.4 is 14.2 Å². The van der Waals surface area contributed by atoms with Crippen LogP contribution in [0, 0.1) is 0 Å². The fourth-order valence-corrected chi connectivity index (χ4v) is 3.82. The van der Waals surface area contributed by atoms with Gasteiger partial charge in [0.05, 0.1) is 14.2 Å². The molecule has 0 aromatic heterocycles. The van der Waals surface area contributed by atoms with Crippen LogP contribution in [0.4, 0.5) is 0 Å². The van der Waals surface area contributed by atoms with Gasteiger partial charge in [0.1, 0.15) is 29.1 Å². The maximum absolute atomic E-state index is 10.4. The van der Waals surface area contributed by atoms with Crippen molar-refractivity contribution in [2.75, 3.05) is 20.8 Å². The topological polar surface area (TPSA) is 51.2 Å². The van der Waals surface area contributed by atoms with Crippen molar-refractivity contribution in [1.82, 2.24) is 4.90 Å². The maximum atomic E-state index is 10.4. The van der Waals surface area contributed by atoms with Crippen molar-refractivity contribution in [3.8, 4) is 23.0 Å². The van der Waals surface area contributed by atoms with Gasteiger partial charge in [0.2, 0.25) is 0 Å². The van der Waals surface area contributed by atoms with Crippen molar-refractivity contribution in [3.63, 3.8) is 0 Å². The van der Waals surface area contributed by atoms with Crippen molar-refractivity contribution in [1.29, 1.82) is 0 Å². The van der Waals surface area contributed by atoms with Crippen LogP contribution in [0.15, 0.2) is 66.7 Å². The first-order valence-electron chi connectivity index (χ1n) is 9.64. The largest absolute Gasteiger partial charge is 0.507 e. The summed E-state index contributed by atoms with van der Waals surface area (Å²) < 4.78 is 17.5. The molecule has 1 aliphatic rings. The Bertz CT molecular complexity index is 988. The summed E-state index contributed by atoms with van der Waals surface area (Å²) in [5.74, 6) is 2.58. The quantitative estimate of drug-likeness (QED) is 0.692. The van der Waals surface area contributed by atoms with E-state index in [4.69, 9.17) is 14.2 Å². The van der Waals surface area contributed by atoms with Gasteiger partial charge in [0, 0.05) is 36.3 Å². The smallest absolute Gasteiger partial charge is 0.140 e. The Hall–Kier alpha value is -3.18. The Labute approximate surface area is 171 Å². The highest BCUT2D eigenvalue weighted by Gasteiger charge is 2.27. The highest BCUT2D eigenvalue weighted by Crippen LogP contribution is 2.36. The molecule has 0 saturated carbocycles. The van der Waals surface area contributed by atoms with E-state index in [1.807, 2.05) is 48.5 Å². The molecule has 0 fully saturated rings. The number of hydrogen-bond acceptors (Lipinski definition) is 5. The van der Waals surface area contributed by atoms with Crippen LogP contribution in [0.3, 0.4) is 0 Å². The van der Waals surface area contributed by atoms with Crippen molar-refractivity contribution in [3.05, 3.63) is 83.4 Å². The summed E-state index contributed by atoms with van der Waals surface area (Å²) in [5, 5.41) is 10.4. The standard InChI is InChI=1S/C24H25NO4/c1-27-22-12-6-4-9-18(22)24-16-25(14-17-8-3-5-11-21(17)29-24)15-19-20(26)10-7-13-23(19)28-2/h3-13,24,26H,14-16H2,1-2H3/t24-/m1/s1. The van der Waals surface area contributed by atoms with Gasteiger partial charge in [-0.3, -0.25) is 4.90 Å². The average Bonchev–Trinajstić information content (AvgIpc) is 2.94. The van der Waals surface area contributed by atoms with E-state index in [9.17, 15) is 5.11 Å². The first-order valence-corrected chi connectivity index (χ1v) is 9.64. The van der Waals surface area contributed by atoms with Crippen molar-refractivity contribution >= 4 is 0 Å². The molecule has 0 amide bonds. The molecule has 0 aliphatic carbocycles. The maximum Gasteiger partial charge on any atom is 0.140 e. The molecule has 5 nitrogen and oxygen atoms in total. The predicted octanol–water partition coefficient (Wildman–Crippen LogP) is 4.55. The van der Waals surface area contributed by atoms with Gasteiger partial charge in [0.15, 0.2) is 0 Å². The van der Waals surface area contributed by atoms with Crippen LogP contribution in [0.1, 0.15) is 22.8 Å². The second-order valence-corrected chi connectivity index (χ2v) is 7.08. The zero-order valence-corrected chi connectivity index (χ0v) is 16.7. The van der Waals surface area contributed by atoms with E-state index in [0.717, 1.165) is 28.2 Å². The lowest BCUT2D eigenvalue weighted by atomic mass is 10.1. The minimum absolute atomic E-state index is 0.202. The second-order valence-electron chi connectivity index (χ2n) is 7.08. The molecule has 150 valence electrons. The highest BCUT2D eigenvalue weighted by molar-refractivity contribution is 5.44. The fourth-order valence-electron chi connectivity index (χ4n) is 3.82. The Morgan fingerprint density at radius 3 is 2.48 bits per heavy atom. The molecular weight excluding hydrogens is 366 g/mol. The molecule has 0 spiro atoms. The third-order valence-corrected chi connectivity index (χ3v) is 5.26. The van der Waals surface area contributed by atoms with Crippen molar-refractivity contribution in [2.45, 2.75) is 19.2 Å². The molecule has 0 radical (unpaired) electrons. The molecule has 0 unspecified atom stereocenters. The summed E-state index contributed by atoms with van der Waals surface area (Å²) in [4.78, 5) is 2.26. The summed E-state index contributed by atoms with van der Waals surface area (Å²) in [6.45, 7) is 1.89. The van der Waals surface area contributed by atoms with E-state index in [1.165, 1.54) is 0 Å². The summed E-state index contributed by atoms with van der Waals surface area (Å²) >= 11 is 0. The molecular formula is C24H25NO4. The Morgan fingerprint density at radius 1 is 0.931 bits per heavy atom. The zero-order valence-electron chi connectivity index (χ0n) is 16.7. The van der Waals surface area contributed by atoms with E-state index in [-0.39, 0.29) is 11.9 Å². The molecule has 1 aliphatic heterocycles. The van der Waals surface area contributed by atoms with E-state index in [0.29, 0.717) is 25.4 Å². The van der Waals surface area contributed by atoms with Gasteiger partial charge in [-0.25, -0.2) is 0 Å². The molecule has 1 N–H and O–H groups in total. The van der Waals surface area contributed by atoms with E-state index in [2.05, 4.69) is 11.0 Å². The predicted molar refractivity (Wildman–Crippen MR) is 112 cm³/mol. The minimum atomic E-state index is -0.202. The van der Waals surface area contributed by atoms with Crippen LogP contribution in [0.2, 0.25) is 0 Å². The number of phenolic OH excluding ortho intramolecular Hbond substituents is 1. The first-order chi connectivity index (χ1) is 14.2. The van der Waals surface area contributed by atoms with Gasteiger partial charge in [-0.05, 0) is 24.3 Å². The summed E-state index contributed by atoms with van der Waals surface area (Å²) in [6, 6.07) is 21.4. The van der Waals surface area contributed by atoms with Crippen LogP contribution in [-0.4, -0.2) is 30.8 Å². The number of rotatable bonds is 5. The molecule has 5 heteroatoms. The van der Waals surface area contributed by atoms with Crippen LogP contribution in [0.5, 0.6) is 23.0 Å². The van der Waals surface area contributed by atoms with E-state index < -0.39 is 0 Å². The van der Waals surface area contributed by atoms with Gasteiger partial charge >= 0.3 is 0 Å². The second kappa shape index (κ2) is 8.45. The van der Waals surface area contributed by atoms with Crippen LogP contribution in [0.25, 0.3) is 0 Å². The Kier molecular flexibility index (Phi) is 5.58. The minimum Gasteiger partial charge on any atom is -0.507 e. The molecule has 0 saturated heterocycles. The van der Waals surface area contributed by atoms with Crippen LogP contribution in [-0.2, 0) is 13.1 Å². The molecule has 3 aromatic carbocycles. The highest BCUT2D eigenvalue weighted by atomic mass is 16.5. The van der Waals surface area contributed by atoms with Gasteiger partial charge < -0.3 is 19.3 Å². The summed E-state index contributed by atoms with van der Waals surface area (Å²) in [6.07, 6.45) is -0.202. The van der Waals surface area contributed by atoms with Gasteiger partial charge in [-0.1, -0.05) is 42.5 Å². The number of fused-ring (bicyclic) bond motifs is 1. The number of nitrogens with zero attached hydrogens (tertiary/aromatic N) is 1. The van der Waals surface area contributed by atoms with Gasteiger partial charge in [0.25, 0.3) is 0 Å². The fraction of sp³-hybridized carbons (Fsp3) is 0.250. The summed E-state index contributed by atoms with van der Waals surface area (Å²) in [5.41, 5.74) is 2.88.